The van der Waals surface area contributed by atoms with Crippen LogP contribution >= 0.6 is 0 Å². The molecule has 0 radical (unpaired) electrons. The lowest BCUT2D eigenvalue weighted by Gasteiger charge is -2.41. The highest BCUT2D eigenvalue weighted by Gasteiger charge is 2.31. The fraction of sp³-hybridized carbons (Fsp3) is 0.360. The number of amides is 4. The van der Waals surface area contributed by atoms with Gasteiger partial charge in [-0.1, -0.05) is 18.2 Å². The van der Waals surface area contributed by atoms with Gasteiger partial charge in [-0.15, -0.1) is 0 Å². The molecule has 2 aromatic carbocycles. The van der Waals surface area contributed by atoms with E-state index in [2.05, 4.69) is 16.0 Å². The molecule has 1 atom stereocenters. The Bertz CT molecular complexity index is 1100. The largest absolute Gasteiger partial charge is 0.355 e. The molecular formula is C25H31N5O4. The molecule has 3 N–H and O–H groups in total. The van der Waals surface area contributed by atoms with Gasteiger partial charge in [-0.25, -0.2) is 0 Å². The van der Waals surface area contributed by atoms with Crippen LogP contribution in [-0.4, -0.2) is 66.7 Å². The van der Waals surface area contributed by atoms with E-state index in [9.17, 15) is 19.2 Å². The van der Waals surface area contributed by atoms with Crippen molar-refractivity contribution >= 4 is 35.0 Å². The standard InChI is InChI=1S/C25H31N5O4/c1-16-8-9-21(13-22(16)27-17(2)31)28-24(33)15-29-10-11-30(18(3)32)23(14-29)19-6-5-7-20(12-19)25(34)26-4/h5-9,12-13,23H,10-11,14-15H2,1-4H3,(H,26,34)(H,27,31)(H,28,33)/t23-/m1/s1. The summed E-state index contributed by atoms with van der Waals surface area (Å²) in [5.41, 5.74) is 3.51. The number of rotatable bonds is 6. The number of nitrogens with zero attached hydrogens (tertiary/aromatic N) is 2. The molecule has 34 heavy (non-hydrogen) atoms. The van der Waals surface area contributed by atoms with Crippen LogP contribution in [0, 0.1) is 6.92 Å². The molecule has 1 aliphatic heterocycles. The van der Waals surface area contributed by atoms with E-state index < -0.39 is 0 Å². The number of nitrogens with one attached hydrogen (secondary N) is 3. The molecule has 180 valence electrons. The molecule has 0 saturated carbocycles. The predicted molar refractivity (Wildman–Crippen MR) is 131 cm³/mol. The third-order valence-electron chi connectivity index (χ3n) is 5.83. The van der Waals surface area contributed by atoms with Crippen molar-refractivity contribution in [2.45, 2.75) is 26.8 Å². The van der Waals surface area contributed by atoms with Crippen molar-refractivity contribution in [3.63, 3.8) is 0 Å². The molecule has 0 bridgehead atoms. The zero-order chi connectivity index (χ0) is 24.8. The minimum atomic E-state index is -0.269. The highest BCUT2D eigenvalue weighted by Crippen LogP contribution is 2.27. The first-order chi connectivity index (χ1) is 16.2. The van der Waals surface area contributed by atoms with Gasteiger partial charge in [-0.2, -0.15) is 0 Å². The summed E-state index contributed by atoms with van der Waals surface area (Å²) in [5.74, 6) is -0.613. The number of carbonyl (C=O) groups is 4. The molecule has 4 amide bonds. The summed E-state index contributed by atoms with van der Waals surface area (Å²) in [6.45, 7) is 6.51. The molecular weight excluding hydrogens is 434 g/mol. The van der Waals surface area contributed by atoms with Crippen LogP contribution in [0.5, 0.6) is 0 Å². The van der Waals surface area contributed by atoms with Crippen LogP contribution in [0.2, 0.25) is 0 Å². The highest BCUT2D eigenvalue weighted by atomic mass is 16.2. The third-order valence-corrected chi connectivity index (χ3v) is 5.83. The first-order valence-corrected chi connectivity index (χ1v) is 11.2. The number of hydrogen-bond acceptors (Lipinski definition) is 5. The summed E-state index contributed by atoms with van der Waals surface area (Å²) >= 11 is 0. The first-order valence-electron chi connectivity index (χ1n) is 11.2. The van der Waals surface area contributed by atoms with Crippen molar-refractivity contribution in [2.24, 2.45) is 0 Å². The molecule has 1 heterocycles. The average molecular weight is 466 g/mol. The smallest absolute Gasteiger partial charge is 0.251 e. The Morgan fingerprint density at radius 2 is 1.76 bits per heavy atom. The summed E-state index contributed by atoms with van der Waals surface area (Å²) in [6.07, 6.45) is 0. The zero-order valence-electron chi connectivity index (χ0n) is 20.0. The lowest BCUT2D eigenvalue weighted by atomic mass is 9.99. The van der Waals surface area contributed by atoms with Gasteiger partial charge in [-0.3, -0.25) is 24.1 Å². The Morgan fingerprint density at radius 3 is 2.44 bits per heavy atom. The normalized spacial score (nSPS) is 16.0. The Hall–Kier alpha value is -3.72. The van der Waals surface area contributed by atoms with E-state index in [-0.39, 0.29) is 36.2 Å². The van der Waals surface area contributed by atoms with E-state index in [1.807, 2.05) is 24.0 Å². The zero-order valence-corrected chi connectivity index (χ0v) is 20.0. The average Bonchev–Trinajstić information content (AvgIpc) is 2.80. The van der Waals surface area contributed by atoms with Crippen molar-refractivity contribution in [2.75, 3.05) is 43.9 Å². The Labute approximate surface area is 199 Å². The van der Waals surface area contributed by atoms with Gasteiger partial charge < -0.3 is 20.9 Å². The maximum absolute atomic E-state index is 12.8. The number of anilines is 2. The minimum Gasteiger partial charge on any atom is -0.355 e. The van der Waals surface area contributed by atoms with Crippen molar-refractivity contribution in [1.82, 2.24) is 15.1 Å². The van der Waals surface area contributed by atoms with Crippen LogP contribution in [0.4, 0.5) is 11.4 Å². The number of hydrogen-bond donors (Lipinski definition) is 3. The van der Waals surface area contributed by atoms with Crippen LogP contribution in [-0.2, 0) is 14.4 Å². The van der Waals surface area contributed by atoms with E-state index in [4.69, 9.17) is 0 Å². The molecule has 1 saturated heterocycles. The third kappa shape index (κ3) is 6.20. The van der Waals surface area contributed by atoms with Gasteiger partial charge >= 0.3 is 0 Å². The fourth-order valence-electron chi connectivity index (χ4n) is 4.10. The van der Waals surface area contributed by atoms with Crippen molar-refractivity contribution < 1.29 is 19.2 Å². The Morgan fingerprint density at radius 1 is 1.00 bits per heavy atom. The Balaban J connectivity index is 1.71. The lowest BCUT2D eigenvalue weighted by molar-refractivity contribution is -0.134. The molecule has 1 aliphatic rings. The van der Waals surface area contributed by atoms with E-state index >= 15 is 0 Å². The summed E-state index contributed by atoms with van der Waals surface area (Å²) in [7, 11) is 1.57. The molecule has 3 rings (SSSR count). The second-order valence-electron chi connectivity index (χ2n) is 8.43. The predicted octanol–water partition coefficient (Wildman–Crippen LogP) is 2.16. The van der Waals surface area contributed by atoms with Gasteiger partial charge in [0.05, 0.1) is 12.6 Å². The van der Waals surface area contributed by atoms with Gasteiger partial charge in [0.15, 0.2) is 0 Å². The van der Waals surface area contributed by atoms with Crippen LogP contribution in [0.25, 0.3) is 0 Å². The topological polar surface area (TPSA) is 111 Å². The molecule has 0 spiro atoms. The van der Waals surface area contributed by atoms with E-state index in [0.717, 1.165) is 11.1 Å². The van der Waals surface area contributed by atoms with Crippen LogP contribution < -0.4 is 16.0 Å². The van der Waals surface area contributed by atoms with Gasteiger partial charge in [0, 0.05) is 57.5 Å². The van der Waals surface area contributed by atoms with Crippen molar-refractivity contribution in [1.29, 1.82) is 0 Å². The summed E-state index contributed by atoms with van der Waals surface area (Å²) in [5, 5.41) is 8.26. The quantitative estimate of drug-likeness (QED) is 0.606. The number of piperazine rings is 1. The monoisotopic (exact) mass is 465 g/mol. The maximum atomic E-state index is 12.8. The molecule has 0 aromatic heterocycles. The highest BCUT2D eigenvalue weighted by molar-refractivity contribution is 5.95. The second kappa shape index (κ2) is 10.9. The van der Waals surface area contributed by atoms with Gasteiger partial charge in [-0.05, 0) is 42.3 Å². The van der Waals surface area contributed by atoms with Crippen molar-refractivity contribution in [3.8, 4) is 0 Å². The van der Waals surface area contributed by atoms with Gasteiger partial charge in [0.25, 0.3) is 5.91 Å². The summed E-state index contributed by atoms with van der Waals surface area (Å²) < 4.78 is 0. The Kier molecular flexibility index (Phi) is 8.01. The second-order valence-corrected chi connectivity index (χ2v) is 8.43. The van der Waals surface area contributed by atoms with Crippen LogP contribution in [0.3, 0.4) is 0 Å². The molecule has 2 aromatic rings. The molecule has 0 unspecified atom stereocenters. The molecule has 9 heteroatoms. The van der Waals surface area contributed by atoms with Crippen LogP contribution in [0.1, 0.15) is 41.4 Å². The van der Waals surface area contributed by atoms with Crippen LogP contribution in [0.15, 0.2) is 42.5 Å². The molecule has 1 fully saturated rings. The number of carbonyl (C=O) groups excluding carboxylic acids is 4. The van der Waals surface area contributed by atoms with E-state index in [0.29, 0.717) is 36.6 Å². The van der Waals surface area contributed by atoms with E-state index in [1.165, 1.54) is 13.8 Å². The minimum absolute atomic E-state index is 0.0513. The maximum Gasteiger partial charge on any atom is 0.251 e. The molecule has 0 aliphatic carbocycles. The van der Waals surface area contributed by atoms with E-state index in [1.54, 1.807) is 42.3 Å². The van der Waals surface area contributed by atoms with Gasteiger partial charge in [0.1, 0.15) is 0 Å². The van der Waals surface area contributed by atoms with Gasteiger partial charge in [0.2, 0.25) is 17.7 Å². The first kappa shape index (κ1) is 24.9. The SMILES string of the molecule is CNC(=O)c1cccc([C@H]2CN(CC(=O)Nc3ccc(C)c(NC(C)=O)c3)CCN2C(C)=O)c1. The number of aryl methyl sites for hydroxylation is 1. The summed E-state index contributed by atoms with van der Waals surface area (Å²) in [4.78, 5) is 52.3. The fourth-order valence-corrected chi connectivity index (χ4v) is 4.10. The van der Waals surface area contributed by atoms with Crippen molar-refractivity contribution in [3.05, 3.63) is 59.2 Å². The lowest BCUT2D eigenvalue weighted by Crippen LogP contribution is -2.51. The summed E-state index contributed by atoms with van der Waals surface area (Å²) in [6, 6.07) is 12.3. The molecule has 9 nitrogen and oxygen atoms in total. The number of benzene rings is 2.